The molecule has 0 spiro atoms. The Labute approximate surface area is 224 Å². The third kappa shape index (κ3) is 9.85. The second kappa shape index (κ2) is 14.6. The molecular formula is C29H32F3NO4S. The number of aliphatic carboxylic acids is 1. The Bertz CT molecular complexity index is 1160. The molecule has 2 N–H and O–H groups in total. The van der Waals surface area contributed by atoms with Gasteiger partial charge in [0.05, 0.1) is 23.5 Å². The van der Waals surface area contributed by atoms with Gasteiger partial charge < -0.3 is 15.2 Å². The first kappa shape index (κ1) is 29.2. The summed E-state index contributed by atoms with van der Waals surface area (Å²) in [5, 5.41) is 11.3. The minimum atomic E-state index is -4.33. The lowest BCUT2D eigenvalue weighted by molar-refractivity contribution is -0.138. The number of rotatable bonds is 15. The number of carboxylic acid groups (broad SMARTS) is 1. The summed E-state index contributed by atoms with van der Waals surface area (Å²) in [6.45, 7) is 0.747. The average molecular weight is 548 g/mol. The van der Waals surface area contributed by atoms with Crippen LogP contribution in [0.4, 0.5) is 13.2 Å². The standard InChI is InChI=1S/C29H32F3NO4S/c30-29(31,32)23-12-8-21(9-13-23)22-10-14-24(15-11-22)37-20-6-4-2-1-3-5-7-25-16-17-26(38-25)28(36)33-19-18-27(34)35/h8-17H,1-7,18-20H2,(H,33,36)(H,34,35). The average Bonchev–Trinajstić information content (AvgIpc) is 3.36. The molecule has 0 atom stereocenters. The van der Waals surface area contributed by atoms with E-state index < -0.39 is 17.7 Å². The molecule has 5 nitrogen and oxygen atoms in total. The van der Waals surface area contributed by atoms with Crippen molar-refractivity contribution in [3.63, 3.8) is 0 Å². The Balaban J connectivity index is 1.24. The second-order valence-corrected chi connectivity index (χ2v) is 10.2. The number of hydrogen-bond acceptors (Lipinski definition) is 4. The fraction of sp³-hybridized carbons (Fsp3) is 0.379. The molecule has 38 heavy (non-hydrogen) atoms. The number of thiophene rings is 1. The zero-order chi connectivity index (χ0) is 27.4. The number of carbonyl (C=O) groups is 2. The summed E-state index contributed by atoms with van der Waals surface area (Å²) in [7, 11) is 0. The molecule has 0 radical (unpaired) electrons. The van der Waals surface area contributed by atoms with Gasteiger partial charge in [-0.15, -0.1) is 11.3 Å². The van der Waals surface area contributed by atoms with Crippen molar-refractivity contribution in [2.75, 3.05) is 13.2 Å². The van der Waals surface area contributed by atoms with Crippen molar-refractivity contribution < 1.29 is 32.6 Å². The summed E-state index contributed by atoms with van der Waals surface area (Å²) < 4.78 is 44.0. The molecule has 0 saturated heterocycles. The number of carboxylic acids is 1. The Morgan fingerprint density at radius 1 is 0.816 bits per heavy atom. The van der Waals surface area contributed by atoms with E-state index >= 15 is 0 Å². The van der Waals surface area contributed by atoms with Crippen molar-refractivity contribution in [1.82, 2.24) is 5.32 Å². The van der Waals surface area contributed by atoms with E-state index in [1.807, 2.05) is 30.3 Å². The summed E-state index contributed by atoms with van der Waals surface area (Å²) in [6.07, 6.45) is 2.96. The van der Waals surface area contributed by atoms with Crippen molar-refractivity contribution in [2.24, 2.45) is 0 Å². The monoisotopic (exact) mass is 547 g/mol. The van der Waals surface area contributed by atoms with Crippen molar-refractivity contribution in [3.8, 4) is 16.9 Å². The third-order valence-electron chi connectivity index (χ3n) is 6.00. The van der Waals surface area contributed by atoms with Crippen LogP contribution in [0.25, 0.3) is 11.1 Å². The summed E-state index contributed by atoms with van der Waals surface area (Å²) in [5.74, 6) is -0.414. The van der Waals surface area contributed by atoms with Gasteiger partial charge in [-0.3, -0.25) is 9.59 Å². The molecule has 3 rings (SSSR count). The van der Waals surface area contributed by atoms with E-state index in [1.165, 1.54) is 23.5 Å². The van der Waals surface area contributed by atoms with Crippen molar-refractivity contribution in [3.05, 3.63) is 76.0 Å². The zero-order valence-corrected chi connectivity index (χ0v) is 21.9. The molecular weight excluding hydrogens is 515 g/mol. The highest BCUT2D eigenvalue weighted by Gasteiger charge is 2.29. The van der Waals surface area contributed by atoms with Gasteiger partial charge in [0.1, 0.15) is 5.75 Å². The lowest BCUT2D eigenvalue weighted by atomic mass is 10.0. The van der Waals surface area contributed by atoms with E-state index in [0.29, 0.717) is 11.5 Å². The summed E-state index contributed by atoms with van der Waals surface area (Å²) in [4.78, 5) is 24.3. The van der Waals surface area contributed by atoms with Gasteiger partial charge in [-0.2, -0.15) is 13.2 Å². The van der Waals surface area contributed by atoms with E-state index in [9.17, 15) is 22.8 Å². The molecule has 204 valence electrons. The number of hydrogen-bond donors (Lipinski definition) is 2. The summed E-state index contributed by atoms with van der Waals surface area (Å²) >= 11 is 1.46. The molecule has 1 aromatic heterocycles. The number of unbranched alkanes of at least 4 members (excludes halogenated alkanes) is 5. The van der Waals surface area contributed by atoms with E-state index in [1.54, 1.807) is 6.07 Å². The molecule has 2 aromatic carbocycles. The van der Waals surface area contributed by atoms with Crippen LogP contribution in [0.5, 0.6) is 5.75 Å². The van der Waals surface area contributed by atoms with Gasteiger partial charge in [0.15, 0.2) is 0 Å². The van der Waals surface area contributed by atoms with Gasteiger partial charge >= 0.3 is 12.1 Å². The van der Waals surface area contributed by atoms with Gasteiger partial charge in [-0.1, -0.05) is 49.9 Å². The highest BCUT2D eigenvalue weighted by molar-refractivity contribution is 7.14. The maximum atomic E-state index is 12.7. The van der Waals surface area contributed by atoms with Crippen LogP contribution in [0.2, 0.25) is 0 Å². The minimum absolute atomic E-state index is 0.0855. The molecule has 9 heteroatoms. The first-order chi connectivity index (χ1) is 18.2. The summed E-state index contributed by atoms with van der Waals surface area (Å²) in [6, 6.07) is 16.2. The molecule has 0 fully saturated rings. The normalized spacial score (nSPS) is 11.3. The number of halogens is 3. The van der Waals surface area contributed by atoms with E-state index in [-0.39, 0.29) is 18.9 Å². The number of amides is 1. The highest BCUT2D eigenvalue weighted by atomic mass is 32.1. The smallest absolute Gasteiger partial charge is 0.416 e. The molecule has 0 aliphatic heterocycles. The fourth-order valence-electron chi connectivity index (χ4n) is 3.90. The number of nitrogens with one attached hydrogen (secondary N) is 1. The van der Waals surface area contributed by atoms with Gasteiger partial charge in [0, 0.05) is 11.4 Å². The SMILES string of the molecule is O=C(O)CCNC(=O)c1ccc(CCCCCCCCOc2ccc(-c3ccc(C(F)(F)F)cc3)cc2)s1. The quantitative estimate of drug-likeness (QED) is 0.192. The highest BCUT2D eigenvalue weighted by Crippen LogP contribution is 2.31. The van der Waals surface area contributed by atoms with E-state index in [4.69, 9.17) is 9.84 Å². The molecule has 0 unspecified atom stereocenters. The van der Waals surface area contributed by atoms with Crippen LogP contribution in [0.1, 0.15) is 65.1 Å². The predicted octanol–water partition coefficient (Wildman–Crippen LogP) is 7.60. The van der Waals surface area contributed by atoms with Crippen molar-refractivity contribution in [2.45, 2.75) is 57.5 Å². The van der Waals surface area contributed by atoms with Crippen LogP contribution in [0.15, 0.2) is 60.7 Å². The third-order valence-corrected chi connectivity index (χ3v) is 7.14. The van der Waals surface area contributed by atoms with Crippen LogP contribution < -0.4 is 10.1 Å². The largest absolute Gasteiger partial charge is 0.494 e. The number of benzene rings is 2. The first-order valence-electron chi connectivity index (χ1n) is 12.7. The molecule has 0 aliphatic rings. The van der Waals surface area contributed by atoms with Crippen molar-refractivity contribution in [1.29, 1.82) is 0 Å². The Morgan fingerprint density at radius 3 is 2.05 bits per heavy atom. The first-order valence-corrected chi connectivity index (χ1v) is 13.5. The molecule has 0 saturated carbocycles. The van der Waals surface area contributed by atoms with Gasteiger partial charge in [-0.05, 0) is 66.8 Å². The molecule has 0 bridgehead atoms. The zero-order valence-electron chi connectivity index (χ0n) is 21.1. The Hall–Kier alpha value is -3.33. The van der Waals surface area contributed by atoms with E-state index in [0.717, 1.165) is 78.8 Å². The van der Waals surface area contributed by atoms with Crippen molar-refractivity contribution >= 4 is 23.2 Å². The maximum absolute atomic E-state index is 12.7. The number of ether oxygens (including phenoxy) is 1. The lowest BCUT2D eigenvalue weighted by Gasteiger charge is -2.09. The molecule has 0 aliphatic carbocycles. The van der Waals surface area contributed by atoms with Crippen LogP contribution >= 0.6 is 11.3 Å². The van der Waals surface area contributed by atoms with Gasteiger partial charge in [0.25, 0.3) is 5.91 Å². The van der Waals surface area contributed by atoms with Crippen LogP contribution in [0.3, 0.4) is 0 Å². The number of carbonyl (C=O) groups excluding carboxylic acids is 1. The van der Waals surface area contributed by atoms with E-state index in [2.05, 4.69) is 5.32 Å². The minimum Gasteiger partial charge on any atom is -0.494 e. The number of alkyl halides is 3. The van der Waals surface area contributed by atoms with Crippen LogP contribution in [0, 0.1) is 0 Å². The molecule has 1 amide bonds. The molecule has 1 heterocycles. The second-order valence-electron chi connectivity index (χ2n) is 8.98. The topological polar surface area (TPSA) is 75.6 Å². The summed E-state index contributed by atoms with van der Waals surface area (Å²) in [5.41, 5.74) is 0.905. The molecule has 3 aromatic rings. The van der Waals surface area contributed by atoms with Crippen LogP contribution in [-0.2, 0) is 17.4 Å². The Kier molecular flexibility index (Phi) is 11.2. The number of aryl methyl sites for hydroxylation is 1. The van der Waals surface area contributed by atoms with Gasteiger partial charge in [0.2, 0.25) is 0 Å². The maximum Gasteiger partial charge on any atom is 0.416 e. The van der Waals surface area contributed by atoms with Gasteiger partial charge in [-0.25, -0.2) is 0 Å². The Morgan fingerprint density at radius 2 is 1.42 bits per heavy atom. The fourth-order valence-corrected chi connectivity index (χ4v) is 4.86. The predicted molar refractivity (Wildman–Crippen MR) is 143 cm³/mol. The lowest BCUT2D eigenvalue weighted by Crippen LogP contribution is -2.25. The van der Waals surface area contributed by atoms with Crippen LogP contribution in [-0.4, -0.2) is 30.1 Å².